The molecule has 0 saturated carbocycles. The van der Waals surface area contributed by atoms with Crippen LogP contribution < -0.4 is 30.6 Å². The molecule has 1 unspecified atom stereocenters. The van der Waals surface area contributed by atoms with Gasteiger partial charge in [0.05, 0.1) is 35.4 Å². The van der Waals surface area contributed by atoms with E-state index in [4.69, 9.17) is 18.9 Å². The van der Waals surface area contributed by atoms with Crippen molar-refractivity contribution in [3.63, 3.8) is 0 Å². The molecule has 0 aliphatic carbocycles. The van der Waals surface area contributed by atoms with Gasteiger partial charge >= 0.3 is 0 Å². The summed E-state index contributed by atoms with van der Waals surface area (Å²) in [5, 5.41) is 16.9. The van der Waals surface area contributed by atoms with Gasteiger partial charge in [-0.15, -0.1) is 11.3 Å². The number of carbonyl (C=O) groups is 4. The summed E-state index contributed by atoms with van der Waals surface area (Å²) >= 11 is 1.53. The van der Waals surface area contributed by atoms with Crippen molar-refractivity contribution in [2.75, 3.05) is 57.6 Å². The van der Waals surface area contributed by atoms with Crippen LogP contribution in [-0.4, -0.2) is 125 Å². The molecule has 4 aromatic carbocycles. The highest BCUT2D eigenvalue weighted by atomic mass is 32.1. The standard InChI is InChI=1S/C64H77N7O10S/c1-8-69(49-21-25-79-26-22-49)55-31-48(30-53(42(55)6)60(73)66-35-54-40(4)29-41(5)68-61(54)74)44-17-19-51(20-18-44)80-24-12-11-23-78-27-28-81-57-32-45(59-43(7)67-38-82-59)15-16-46(57)34-65-62(75)56-33-50(72)37-70(56)64(77)58(39(2)3)71-36-47-13-9-10-14-52(47)63(71)76/h9-10,13-20,29-32,38-39,49-50,56,58,72H,8,11-12,21-28,33-37H2,1-7H3,(H,65,75)(H,66,73)(H,68,74)/t50-,56?,58+/m1/s1. The summed E-state index contributed by atoms with van der Waals surface area (Å²) in [5.74, 6) is -0.138. The summed E-state index contributed by atoms with van der Waals surface area (Å²) in [6.07, 6.45) is 2.53. The molecule has 4 N–H and O–H groups in total. The van der Waals surface area contributed by atoms with Gasteiger partial charge < -0.3 is 54.4 Å². The van der Waals surface area contributed by atoms with Crippen LogP contribution in [0.25, 0.3) is 21.6 Å². The molecule has 5 heterocycles. The molecule has 4 amide bonds. The Hall–Kier alpha value is -7.38. The lowest BCUT2D eigenvalue weighted by Crippen LogP contribution is -2.55. The molecular formula is C64H77N7O10S. The number of benzene rings is 4. The molecule has 2 saturated heterocycles. The lowest BCUT2D eigenvalue weighted by Gasteiger charge is -2.37. The molecule has 0 bridgehead atoms. The largest absolute Gasteiger partial charge is 0.494 e. The minimum absolute atomic E-state index is 0.00590. The second kappa shape index (κ2) is 27.1. The molecule has 0 spiro atoms. The predicted octanol–water partition coefficient (Wildman–Crippen LogP) is 8.85. The number of aryl methyl sites for hydroxylation is 3. The van der Waals surface area contributed by atoms with E-state index in [-0.39, 0.29) is 67.9 Å². The van der Waals surface area contributed by atoms with Crippen molar-refractivity contribution < 1.29 is 43.2 Å². The Morgan fingerprint density at radius 1 is 0.866 bits per heavy atom. The molecule has 434 valence electrons. The van der Waals surface area contributed by atoms with Gasteiger partial charge in [0.1, 0.15) is 30.2 Å². The number of hydrogen-bond donors (Lipinski definition) is 4. The fraction of sp³-hybridized carbons (Fsp3) is 0.438. The van der Waals surface area contributed by atoms with E-state index in [0.717, 1.165) is 98.9 Å². The normalized spacial score (nSPS) is 16.6. The number of unbranched alkanes of at least 4 members (excludes halogenated alkanes) is 1. The molecular weight excluding hydrogens is 1060 g/mol. The van der Waals surface area contributed by atoms with Crippen LogP contribution in [0.3, 0.4) is 0 Å². The molecule has 82 heavy (non-hydrogen) atoms. The number of thiazole rings is 1. The third-order valence-corrected chi connectivity index (χ3v) is 16.9. The first-order valence-electron chi connectivity index (χ1n) is 28.7. The van der Waals surface area contributed by atoms with Gasteiger partial charge in [-0.05, 0) is 142 Å². The molecule has 3 atom stereocenters. The van der Waals surface area contributed by atoms with Crippen LogP contribution in [-0.2, 0) is 38.7 Å². The first-order valence-corrected chi connectivity index (χ1v) is 29.6. The van der Waals surface area contributed by atoms with Crippen molar-refractivity contribution in [3.8, 4) is 33.1 Å². The van der Waals surface area contributed by atoms with Crippen LogP contribution in [0.4, 0.5) is 5.69 Å². The number of likely N-dealkylation sites (tertiary alicyclic amines) is 1. The number of amides is 4. The Bertz CT molecular complexity index is 3300. The molecule has 18 heteroatoms. The highest BCUT2D eigenvalue weighted by Gasteiger charge is 2.46. The van der Waals surface area contributed by atoms with E-state index in [1.54, 1.807) is 16.5 Å². The van der Waals surface area contributed by atoms with Gasteiger partial charge in [-0.3, -0.25) is 24.0 Å². The monoisotopic (exact) mass is 1140 g/mol. The maximum Gasteiger partial charge on any atom is 0.255 e. The van der Waals surface area contributed by atoms with E-state index in [1.165, 1.54) is 16.2 Å². The number of hydrogen-bond acceptors (Lipinski definition) is 13. The molecule has 6 aromatic rings. The maximum atomic E-state index is 14.3. The number of β-amino-alcohol motifs (C(OH)–C–C–N with tert-alkyl or cyclic N) is 1. The maximum absolute atomic E-state index is 14.3. The van der Waals surface area contributed by atoms with Crippen LogP contribution in [0.15, 0.2) is 95.2 Å². The van der Waals surface area contributed by atoms with Gasteiger partial charge in [0, 0.05) is 98.6 Å². The zero-order chi connectivity index (χ0) is 58.0. The average Bonchev–Trinajstić information content (AvgIpc) is 4.00. The second-order valence-electron chi connectivity index (χ2n) is 21.9. The summed E-state index contributed by atoms with van der Waals surface area (Å²) < 4.78 is 24.2. The van der Waals surface area contributed by atoms with E-state index < -0.39 is 24.1 Å². The average molecular weight is 1140 g/mol. The van der Waals surface area contributed by atoms with Crippen molar-refractivity contribution in [2.45, 2.75) is 124 Å². The number of H-pyrrole nitrogens is 1. The van der Waals surface area contributed by atoms with E-state index >= 15 is 0 Å². The number of rotatable bonds is 24. The topological polar surface area (TPSA) is 205 Å². The smallest absolute Gasteiger partial charge is 0.255 e. The van der Waals surface area contributed by atoms with Crippen LogP contribution in [0.1, 0.15) is 113 Å². The Morgan fingerprint density at radius 2 is 1.62 bits per heavy atom. The number of pyridine rings is 1. The third-order valence-electron chi connectivity index (χ3n) is 15.9. The van der Waals surface area contributed by atoms with Crippen LogP contribution in [0.5, 0.6) is 11.5 Å². The lowest BCUT2D eigenvalue weighted by atomic mass is 9.95. The molecule has 3 aliphatic heterocycles. The molecule has 3 aliphatic rings. The number of nitrogens with one attached hydrogen (secondary N) is 3. The highest BCUT2D eigenvalue weighted by molar-refractivity contribution is 7.13. The first kappa shape index (κ1) is 59.2. The highest BCUT2D eigenvalue weighted by Crippen LogP contribution is 2.36. The number of carbonyl (C=O) groups excluding carboxylic acids is 4. The Balaban J connectivity index is 0.771. The Morgan fingerprint density at radius 3 is 2.34 bits per heavy atom. The van der Waals surface area contributed by atoms with Gasteiger partial charge in [-0.1, -0.05) is 56.3 Å². The van der Waals surface area contributed by atoms with E-state index in [9.17, 15) is 29.1 Å². The summed E-state index contributed by atoms with van der Waals surface area (Å²) in [6, 6.07) is 25.7. The number of anilines is 1. The van der Waals surface area contributed by atoms with E-state index in [0.29, 0.717) is 62.0 Å². The summed E-state index contributed by atoms with van der Waals surface area (Å²) in [6.45, 7) is 17.9. The zero-order valence-electron chi connectivity index (χ0n) is 48.2. The molecule has 0 radical (unpaired) electrons. The van der Waals surface area contributed by atoms with Gasteiger partial charge in [0.25, 0.3) is 17.4 Å². The van der Waals surface area contributed by atoms with Gasteiger partial charge in [0.2, 0.25) is 11.8 Å². The summed E-state index contributed by atoms with van der Waals surface area (Å²) in [7, 11) is 0. The molecule has 17 nitrogen and oxygen atoms in total. The number of aliphatic hydroxyl groups excluding tert-OH is 1. The van der Waals surface area contributed by atoms with Gasteiger partial charge in [-0.25, -0.2) is 4.98 Å². The molecule has 9 rings (SSSR count). The van der Waals surface area contributed by atoms with Crippen LogP contribution >= 0.6 is 11.3 Å². The summed E-state index contributed by atoms with van der Waals surface area (Å²) in [5.41, 5.74) is 12.0. The van der Waals surface area contributed by atoms with Crippen LogP contribution in [0, 0.1) is 33.6 Å². The number of aliphatic hydroxyl groups is 1. The first-order chi connectivity index (χ1) is 39.6. The Labute approximate surface area is 484 Å². The predicted molar refractivity (Wildman–Crippen MR) is 317 cm³/mol. The quantitative estimate of drug-likeness (QED) is 0.0420. The number of ether oxygens (including phenoxy) is 4. The minimum Gasteiger partial charge on any atom is -0.494 e. The minimum atomic E-state index is -0.919. The fourth-order valence-corrected chi connectivity index (χ4v) is 12.4. The van der Waals surface area contributed by atoms with Gasteiger partial charge in [-0.2, -0.15) is 0 Å². The Kier molecular flexibility index (Phi) is 19.6. The number of aromatic amines is 1. The lowest BCUT2D eigenvalue weighted by molar-refractivity contribution is -0.143. The third kappa shape index (κ3) is 13.7. The van der Waals surface area contributed by atoms with Crippen molar-refractivity contribution in [1.29, 1.82) is 0 Å². The van der Waals surface area contributed by atoms with Crippen molar-refractivity contribution in [2.24, 2.45) is 5.92 Å². The molecule has 2 fully saturated rings. The van der Waals surface area contributed by atoms with Crippen molar-refractivity contribution in [1.82, 2.24) is 30.4 Å². The SMILES string of the molecule is CCN(c1cc(-c2ccc(OCCCCOCCOc3cc(-c4scnc4C)ccc3CNC(=O)C3C[C@@H](O)CN3C(=O)[C@H](C(C)C)N3Cc4ccccc4C3=O)cc2)cc(C(=O)NCc2c(C)cc(C)[nH]c2=O)c1C)C1CCOCC1. The van der Waals surface area contributed by atoms with Crippen LogP contribution in [0.2, 0.25) is 0 Å². The number of nitrogens with zero attached hydrogens (tertiary/aromatic N) is 4. The van der Waals surface area contributed by atoms with E-state index in [2.05, 4.69) is 38.5 Å². The summed E-state index contributed by atoms with van der Waals surface area (Å²) in [4.78, 5) is 82.4. The van der Waals surface area contributed by atoms with E-state index in [1.807, 2.05) is 114 Å². The number of fused-ring (bicyclic) bond motifs is 1. The van der Waals surface area contributed by atoms with Gasteiger partial charge in [0.15, 0.2) is 0 Å². The zero-order valence-corrected chi connectivity index (χ0v) is 49.0. The fourth-order valence-electron chi connectivity index (χ4n) is 11.6. The number of aromatic nitrogens is 2. The van der Waals surface area contributed by atoms with Crippen molar-refractivity contribution in [3.05, 3.63) is 151 Å². The molecule has 2 aromatic heterocycles. The second-order valence-corrected chi connectivity index (χ2v) is 22.8. The van der Waals surface area contributed by atoms with Crippen molar-refractivity contribution >= 4 is 40.7 Å².